The number of aromatic nitrogens is 1. The molecule has 0 saturated heterocycles. The first kappa shape index (κ1) is 9.29. The van der Waals surface area contributed by atoms with E-state index in [1.54, 1.807) is 0 Å². The lowest BCUT2D eigenvalue weighted by Gasteiger charge is -2.28. The number of nitrogens with two attached hydrogens (primary N) is 1. The van der Waals surface area contributed by atoms with E-state index in [4.69, 9.17) is 10.8 Å². The fourth-order valence-corrected chi connectivity index (χ4v) is 1.06. The molecule has 0 aliphatic carbocycles. The Hall–Kier alpha value is -0.800. The van der Waals surface area contributed by atoms with Crippen LogP contribution < -0.4 is 5.73 Å². The van der Waals surface area contributed by atoms with Crippen molar-refractivity contribution in [1.29, 1.82) is 0 Å². The van der Waals surface area contributed by atoms with Crippen molar-refractivity contribution in [2.24, 2.45) is 11.1 Å². The molecule has 1 atom stereocenters. The van der Waals surface area contributed by atoms with E-state index < -0.39 is 0 Å². The number of aromatic amines is 1. The van der Waals surface area contributed by atoms with Gasteiger partial charge in [0.2, 0.25) is 0 Å². The molecule has 0 bridgehead atoms. The number of rotatable bonds is 3. The van der Waals surface area contributed by atoms with Crippen molar-refractivity contribution in [2.45, 2.75) is 19.9 Å². The fourth-order valence-electron chi connectivity index (χ4n) is 1.06. The molecule has 1 aromatic rings. The van der Waals surface area contributed by atoms with Gasteiger partial charge in [-0.3, -0.25) is 0 Å². The van der Waals surface area contributed by atoms with Crippen molar-refractivity contribution in [2.75, 3.05) is 6.61 Å². The maximum atomic E-state index is 9.07. The van der Waals surface area contributed by atoms with Crippen LogP contribution in [0.1, 0.15) is 25.6 Å². The van der Waals surface area contributed by atoms with Crippen LogP contribution in [-0.4, -0.2) is 16.7 Å². The van der Waals surface area contributed by atoms with Crippen molar-refractivity contribution < 1.29 is 5.11 Å². The number of hydrogen-bond acceptors (Lipinski definition) is 2. The molecule has 12 heavy (non-hydrogen) atoms. The van der Waals surface area contributed by atoms with E-state index in [9.17, 15) is 0 Å². The molecule has 68 valence electrons. The summed E-state index contributed by atoms with van der Waals surface area (Å²) in [6.45, 7) is 3.98. The van der Waals surface area contributed by atoms with Gasteiger partial charge in [-0.1, -0.05) is 13.8 Å². The molecule has 0 saturated carbocycles. The summed E-state index contributed by atoms with van der Waals surface area (Å²) < 4.78 is 0. The highest BCUT2D eigenvalue weighted by Crippen LogP contribution is 2.29. The van der Waals surface area contributed by atoms with Gasteiger partial charge in [0, 0.05) is 17.3 Å². The third-order valence-corrected chi connectivity index (χ3v) is 2.21. The Morgan fingerprint density at radius 2 is 2.33 bits per heavy atom. The lowest BCUT2D eigenvalue weighted by Crippen LogP contribution is -2.32. The van der Waals surface area contributed by atoms with E-state index in [0.29, 0.717) is 0 Å². The zero-order valence-electron chi connectivity index (χ0n) is 7.54. The number of nitrogens with one attached hydrogen (secondary N) is 1. The Morgan fingerprint density at radius 3 is 2.75 bits per heavy atom. The molecule has 3 nitrogen and oxygen atoms in total. The van der Waals surface area contributed by atoms with Gasteiger partial charge in [0.05, 0.1) is 12.6 Å². The zero-order chi connectivity index (χ0) is 9.19. The Balaban J connectivity index is 2.78. The second-order valence-electron chi connectivity index (χ2n) is 3.75. The monoisotopic (exact) mass is 168 g/mol. The van der Waals surface area contributed by atoms with Gasteiger partial charge < -0.3 is 15.8 Å². The predicted octanol–water partition coefficient (Wildman–Crippen LogP) is 1.03. The molecular weight excluding hydrogens is 152 g/mol. The number of hydrogen-bond donors (Lipinski definition) is 3. The minimum atomic E-state index is -0.273. The second-order valence-corrected chi connectivity index (χ2v) is 3.75. The van der Waals surface area contributed by atoms with Crippen molar-refractivity contribution in [3.05, 3.63) is 24.0 Å². The van der Waals surface area contributed by atoms with E-state index in [1.807, 2.05) is 32.2 Å². The molecule has 1 aromatic heterocycles. The molecule has 0 amide bonds. The van der Waals surface area contributed by atoms with Crippen LogP contribution in [0.5, 0.6) is 0 Å². The first-order valence-corrected chi connectivity index (χ1v) is 4.07. The highest BCUT2D eigenvalue weighted by Gasteiger charge is 2.27. The summed E-state index contributed by atoms with van der Waals surface area (Å²) in [6, 6.07) is 3.70. The van der Waals surface area contributed by atoms with Gasteiger partial charge in [-0.05, 0) is 12.1 Å². The molecule has 0 aromatic carbocycles. The van der Waals surface area contributed by atoms with E-state index >= 15 is 0 Å². The lowest BCUT2D eigenvalue weighted by atomic mass is 9.84. The summed E-state index contributed by atoms with van der Waals surface area (Å²) in [5.41, 5.74) is 6.63. The van der Waals surface area contributed by atoms with E-state index in [-0.39, 0.29) is 18.1 Å². The summed E-state index contributed by atoms with van der Waals surface area (Å²) in [5, 5.41) is 9.07. The van der Waals surface area contributed by atoms with Gasteiger partial charge in [0.1, 0.15) is 0 Å². The molecule has 0 aliphatic heterocycles. The first-order valence-electron chi connectivity index (χ1n) is 4.07. The quantitative estimate of drug-likeness (QED) is 0.631. The highest BCUT2D eigenvalue weighted by atomic mass is 16.3. The maximum absolute atomic E-state index is 9.07. The second kappa shape index (κ2) is 3.29. The molecule has 0 spiro atoms. The van der Waals surface area contributed by atoms with Crippen LogP contribution in [0.2, 0.25) is 0 Å². The molecular formula is C9H16N2O. The topological polar surface area (TPSA) is 62.0 Å². The molecule has 0 radical (unpaired) electrons. The number of aliphatic hydroxyl groups is 1. The Kier molecular flexibility index (Phi) is 2.55. The van der Waals surface area contributed by atoms with Crippen LogP contribution in [0.15, 0.2) is 18.3 Å². The van der Waals surface area contributed by atoms with Gasteiger partial charge >= 0.3 is 0 Å². The average Bonchev–Trinajstić information content (AvgIpc) is 2.55. The van der Waals surface area contributed by atoms with Gasteiger partial charge in [0.25, 0.3) is 0 Å². The number of H-pyrrole nitrogens is 1. The van der Waals surface area contributed by atoms with Crippen molar-refractivity contribution in [3.8, 4) is 0 Å². The largest absolute Gasteiger partial charge is 0.396 e. The SMILES string of the molecule is CC(C)(CO)C(N)c1ccc[nH]1. The molecule has 4 N–H and O–H groups in total. The van der Waals surface area contributed by atoms with E-state index in [1.165, 1.54) is 0 Å². The van der Waals surface area contributed by atoms with Crippen molar-refractivity contribution in [1.82, 2.24) is 4.98 Å². The predicted molar refractivity (Wildman–Crippen MR) is 48.6 cm³/mol. The number of aliphatic hydroxyl groups excluding tert-OH is 1. The molecule has 0 fully saturated rings. The third kappa shape index (κ3) is 1.68. The van der Waals surface area contributed by atoms with Crippen LogP contribution in [0.3, 0.4) is 0 Å². The third-order valence-electron chi connectivity index (χ3n) is 2.21. The van der Waals surface area contributed by atoms with E-state index in [0.717, 1.165) is 5.69 Å². The minimum absolute atomic E-state index is 0.0905. The lowest BCUT2D eigenvalue weighted by molar-refractivity contribution is 0.131. The Morgan fingerprint density at radius 1 is 1.67 bits per heavy atom. The van der Waals surface area contributed by atoms with Crippen LogP contribution in [-0.2, 0) is 0 Å². The summed E-state index contributed by atoms with van der Waals surface area (Å²) >= 11 is 0. The van der Waals surface area contributed by atoms with Crippen molar-refractivity contribution >= 4 is 0 Å². The fraction of sp³-hybridized carbons (Fsp3) is 0.556. The molecule has 1 heterocycles. The van der Waals surface area contributed by atoms with Crippen LogP contribution >= 0.6 is 0 Å². The molecule has 3 heteroatoms. The van der Waals surface area contributed by atoms with Crippen LogP contribution in [0.25, 0.3) is 0 Å². The summed E-state index contributed by atoms with van der Waals surface area (Å²) in [5.74, 6) is 0. The smallest absolute Gasteiger partial charge is 0.0521 e. The highest BCUT2D eigenvalue weighted by molar-refractivity contribution is 5.11. The molecule has 1 unspecified atom stereocenters. The summed E-state index contributed by atoms with van der Waals surface area (Å²) in [7, 11) is 0. The van der Waals surface area contributed by atoms with E-state index in [2.05, 4.69) is 4.98 Å². The molecule has 1 rings (SSSR count). The maximum Gasteiger partial charge on any atom is 0.0521 e. The van der Waals surface area contributed by atoms with Gasteiger partial charge in [0.15, 0.2) is 0 Å². The zero-order valence-corrected chi connectivity index (χ0v) is 7.54. The molecule has 0 aliphatic rings. The van der Waals surface area contributed by atoms with Crippen LogP contribution in [0.4, 0.5) is 0 Å². The summed E-state index contributed by atoms with van der Waals surface area (Å²) in [4.78, 5) is 3.04. The Labute approximate surface area is 72.6 Å². The minimum Gasteiger partial charge on any atom is -0.396 e. The average molecular weight is 168 g/mol. The summed E-state index contributed by atoms with van der Waals surface area (Å²) in [6.07, 6.45) is 1.84. The van der Waals surface area contributed by atoms with Gasteiger partial charge in [-0.15, -0.1) is 0 Å². The first-order chi connectivity index (χ1) is 5.58. The van der Waals surface area contributed by atoms with Crippen molar-refractivity contribution in [3.63, 3.8) is 0 Å². The van der Waals surface area contributed by atoms with Gasteiger partial charge in [-0.2, -0.15) is 0 Å². The van der Waals surface area contributed by atoms with Gasteiger partial charge in [-0.25, -0.2) is 0 Å². The Bertz CT molecular complexity index is 229. The van der Waals surface area contributed by atoms with Crippen LogP contribution in [0, 0.1) is 5.41 Å². The normalized spacial score (nSPS) is 14.7. The standard InChI is InChI=1S/C9H16N2O/c1-9(2,6-12)8(10)7-4-3-5-11-7/h3-5,8,11-12H,6,10H2,1-2H3.